The van der Waals surface area contributed by atoms with Gasteiger partial charge in [-0.1, -0.05) is 35.1 Å². The van der Waals surface area contributed by atoms with E-state index in [1.165, 1.54) is 17.3 Å². The Balaban J connectivity index is 3.33. The molecule has 0 spiro atoms. The maximum atomic E-state index is 5.65. The molecule has 1 atom stereocenters. The zero-order valence-electron chi connectivity index (χ0n) is 9.68. The fraction of sp³-hybridized carbons (Fsp3) is 0.833. The van der Waals surface area contributed by atoms with Crippen LogP contribution in [0, 0.1) is 5.92 Å². The first-order valence-electron chi connectivity index (χ1n) is 5.32. The summed E-state index contributed by atoms with van der Waals surface area (Å²) < 4.78 is 6.83. The maximum Gasteiger partial charge on any atom is 0.0598 e. The molecule has 0 saturated carbocycles. The van der Waals surface area contributed by atoms with Gasteiger partial charge < -0.3 is 4.74 Å². The minimum atomic E-state index is 0.0150. The fourth-order valence-corrected chi connectivity index (χ4v) is 1.94. The van der Waals surface area contributed by atoms with Crippen LogP contribution in [0.3, 0.4) is 0 Å². The maximum absolute atomic E-state index is 5.65. The SMILES string of the molecule is C=C[C@H](CI)CCCCOC(C)(C)C. The van der Waals surface area contributed by atoms with Crippen molar-refractivity contribution in [2.24, 2.45) is 5.92 Å². The molecule has 1 nitrogen and oxygen atoms in total. The summed E-state index contributed by atoms with van der Waals surface area (Å²) in [5.74, 6) is 0.685. The highest BCUT2D eigenvalue weighted by molar-refractivity contribution is 14.1. The third-order valence-electron chi connectivity index (χ3n) is 2.04. The average molecular weight is 310 g/mol. The Morgan fingerprint density at radius 1 is 1.36 bits per heavy atom. The predicted molar refractivity (Wildman–Crippen MR) is 72.1 cm³/mol. The van der Waals surface area contributed by atoms with Crippen LogP contribution in [0.2, 0.25) is 0 Å². The summed E-state index contributed by atoms with van der Waals surface area (Å²) in [6.45, 7) is 11.0. The van der Waals surface area contributed by atoms with Crippen LogP contribution in [0.1, 0.15) is 40.0 Å². The molecule has 0 aromatic heterocycles. The van der Waals surface area contributed by atoms with E-state index in [2.05, 4.69) is 56.0 Å². The second-order valence-corrected chi connectivity index (χ2v) is 5.49. The second kappa shape index (κ2) is 7.69. The minimum absolute atomic E-state index is 0.0150. The van der Waals surface area contributed by atoms with E-state index in [-0.39, 0.29) is 5.60 Å². The lowest BCUT2D eigenvalue weighted by molar-refractivity contribution is -0.00485. The van der Waals surface area contributed by atoms with E-state index in [0.717, 1.165) is 13.0 Å². The molecule has 84 valence electrons. The van der Waals surface area contributed by atoms with E-state index in [9.17, 15) is 0 Å². The van der Waals surface area contributed by atoms with Gasteiger partial charge in [0.25, 0.3) is 0 Å². The van der Waals surface area contributed by atoms with Crippen molar-refractivity contribution in [3.05, 3.63) is 12.7 Å². The number of ether oxygens (including phenoxy) is 1. The van der Waals surface area contributed by atoms with Gasteiger partial charge in [-0.15, -0.1) is 6.58 Å². The van der Waals surface area contributed by atoms with Crippen LogP contribution in [-0.4, -0.2) is 16.6 Å². The van der Waals surface area contributed by atoms with Gasteiger partial charge in [0, 0.05) is 11.0 Å². The summed E-state index contributed by atoms with van der Waals surface area (Å²) >= 11 is 2.42. The molecule has 0 amide bonds. The Morgan fingerprint density at radius 3 is 2.43 bits per heavy atom. The molecule has 0 aliphatic carbocycles. The van der Waals surface area contributed by atoms with Crippen LogP contribution < -0.4 is 0 Å². The average Bonchev–Trinajstić information content (AvgIpc) is 2.09. The Hall–Kier alpha value is 0.430. The van der Waals surface area contributed by atoms with Gasteiger partial charge >= 0.3 is 0 Å². The summed E-state index contributed by atoms with van der Waals surface area (Å²) in [5.41, 5.74) is 0.0150. The highest BCUT2D eigenvalue weighted by atomic mass is 127. The van der Waals surface area contributed by atoms with Crippen molar-refractivity contribution in [2.75, 3.05) is 11.0 Å². The lowest BCUT2D eigenvalue weighted by atomic mass is 10.0. The Labute approximate surface area is 102 Å². The van der Waals surface area contributed by atoms with Gasteiger partial charge in [0.15, 0.2) is 0 Å². The van der Waals surface area contributed by atoms with Crippen LogP contribution in [0.4, 0.5) is 0 Å². The number of unbranched alkanes of at least 4 members (excludes halogenated alkanes) is 1. The summed E-state index contributed by atoms with van der Waals surface area (Å²) in [6, 6.07) is 0. The van der Waals surface area contributed by atoms with Crippen molar-refractivity contribution in [3.8, 4) is 0 Å². The Kier molecular flexibility index (Phi) is 7.92. The molecule has 0 aromatic carbocycles. The van der Waals surface area contributed by atoms with Gasteiger partial charge in [-0.05, 0) is 39.5 Å². The van der Waals surface area contributed by atoms with Crippen LogP contribution >= 0.6 is 22.6 Å². The standard InChI is InChI=1S/C12H23IO/c1-5-11(10-13)8-6-7-9-14-12(2,3)4/h5,11H,1,6-10H2,2-4H3/t11-/m0/s1. The number of halogens is 1. The van der Waals surface area contributed by atoms with Gasteiger partial charge in [0.2, 0.25) is 0 Å². The predicted octanol–water partition coefficient (Wildman–Crippen LogP) is 4.21. The number of rotatable bonds is 7. The first kappa shape index (κ1) is 14.4. The molecule has 0 bridgehead atoms. The van der Waals surface area contributed by atoms with E-state index >= 15 is 0 Å². The Morgan fingerprint density at radius 2 is 2.00 bits per heavy atom. The van der Waals surface area contributed by atoms with E-state index in [4.69, 9.17) is 4.74 Å². The number of hydrogen-bond acceptors (Lipinski definition) is 1. The van der Waals surface area contributed by atoms with E-state index in [0.29, 0.717) is 5.92 Å². The van der Waals surface area contributed by atoms with Gasteiger partial charge in [0.05, 0.1) is 5.60 Å². The van der Waals surface area contributed by atoms with Crippen molar-refractivity contribution < 1.29 is 4.74 Å². The third kappa shape index (κ3) is 9.00. The molecule has 0 aliphatic heterocycles. The lowest BCUT2D eigenvalue weighted by Gasteiger charge is -2.19. The quantitative estimate of drug-likeness (QED) is 0.296. The molecule has 0 aromatic rings. The number of hydrogen-bond donors (Lipinski definition) is 0. The molecule has 0 radical (unpaired) electrons. The zero-order chi connectivity index (χ0) is 11.0. The van der Waals surface area contributed by atoms with Crippen molar-refractivity contribution in [1.29, 1.82) is 0 Å². The van der Waals surface area contributed by atoms with Crippen LogP contribution in [0.5, 0.6) is 0 Å². The van der Waals surface area contributed by atoms with Crippen LogP contribution in [-0.2, 0) is 4.74 Å². The molecule has 0 aliphatic rings. The van der Waals surface area contributed by atoms with Crippen LogP contribution in [0.25, 0.3) is 0 Å². The minimum Gasteiger partial charge on any atom is -0.376 e. The van der Waals surface area contributed by atoms with Crippen LogP contribution in [0.15, 0.2) is 12.7 Å². The smallest absolute Gasteiger partial charge is 0.0598 e. The molecule has 0 saturated heterocycles. The number of allylic oxidation sites excluding steroid dienone is 1. The zero-order valence-corrected chi connectivity index (χ0v) is 11.8. The third-order valence-corrected chi connectivity index (χ3v) is 3.17. The van der Waals surface area contributed by atoms with Gasteiger partial charge in [-0.3, -0.25) is 0 Å². The molecule has 2 heteroatoms. The topological polar surface area (TPSA) is 9.23 Å². The highest BCUT2D eigenvalue weighted by Gasteiger charge is 2.09. The van der Waals surface area contributed by atoms with E-state index in [1.807, 2.05) is 0 Å². The van der Waals surface area contributed by atoms with Crippen molar-refractivity contribution in [3.63, 3.8) is 0 Å². The molecular formula is C12H23IO. The molecule has 0 fully saturated rings. The van der Waals surface area contributed by atoms with Crippen molar-refractivity contribution in [1.82, 2.24) is 0 Å². The second-order valence-electron chi connectivity index (χ2n) is 4.61. The molecular weight excluding hydrogens is 287 g/mol. The van der Waals surface area contributed by atoms with E-state index < -0.39 is 0 Å². The molecule has 0 rings (SSSR count). The molecule has 0 heterocycles. The molecule has 0 N–H and O–H groups in total. The van der Waals surface area contributed by atoms with Crippen molar-refractivity contribution >= 4 is 22.6 Å². The first-order chi connectivity index (χ1) is 6.49. The first-order valence-corrected chi connectivity index (χ1v) is 6.84. The van der Waals surface area contributed by atoms with Gasteiger partial charge in [-0.25, -0.2) is 0 Å². The summed E-state index contributed by atoms with van der Waals surface area (Å²) in [6.07, 6.45) is 5.73. The summed E-state index contributed by atoms with van der Waals surface area (Å²) in [7, 11) is 0. The fourth-order valence-electron chi connectivity index (χ4n) is 1.14. The van der Waals surface area contributed by atoms with Crippen molar-refractivity contribution in [2.45, 2.75) is 45.6 Å². The molecule has 0 unspecified atom stereocenters. The number of alkyl halides is 1. The monoisotopic (exact) mass is 310 g/mol. The normalized spacial score (nSPS) is 14.0. The largest absolute Gasteiger partial charge is 0.376 e. The summed E-state index contributed by atoms with van der Waals surface area (Å²) in [5, 5.41) is 0. The van der Waals surface area contributed by atoms with E-state index in [1.54, 1.807) is 0 Å². The lowest BCUT2D eigenvalue weighted by Crippen LogP contribution is -2.19. The highest BCUT2D eigenvalue weighted by Crippen LogP contribution is 2.14. The van der Waals surface area contributed by atoms with Gasteiger partial charge in [0.1, 0.15) is 0 Å². The molecule has 14 heavy (non-hydrogen) atoms. The summed E-state index contributed by atoms with van der Waals surface area (Å²) in [4.78, 5) is 0. The van der Waals surface area contributed by atoms with Gasteiger partial charge in [-0.2, -0.15) is 0 Å². The Bertz CT molecular complexity index is 149.